The van der Waals surface area contributed by atoms with Gasteiger partial charge in [-0.05, 0) is 57.0 Å². The normalized spacial score (nSPS) is 35.4. The van der Waals surface area contributed by atoms with Crippen LogP contribution in [0.2, 0.25) is 0 Å². The Morgan fingerprint density at radius 2 is 2.06 bits per heavy atom. The molecular formula is C16H29NO. The number of Topliss-reactive ketones (excluding diaryl/α,β-unsaturated/α-hetero) is 1. The average molecular weight is 251 g/mol. The minimum Gasteiger partial charge on any atom is -0.303 e. The van der Waals surface area contributed by atoms with Crippen LogP contribution in [0.5, 0.6) is 0 Å². The third-order valence-electron chi connectivity index (χ3n) is 5.04. The zero-order valence-electron chi connectivity index (χ0n) is 12.2. The van der Waals surface area contributed by atoms with Crippen LogP contribution in [0.3, 0.4) is 0 Å². The molecule has 3 atom stereocenters. The van der Waals surface area contributed by atoms with Crippen LogP contribution in [0, 0.1) is 17.8 Å². The molecule has 18 heavy (non-hydrogen) atoms. The van der Waals surface area contributed by atoms with Crippen molar-refractivity contribution in [3.8, 4) is 0 Å². The number of likely N-dealkylation sites (tertiary alicyclic amines) is 1. The fourth-order valence-corrected chi connectivity index (χ4v) is 3.57. The molecule has 0 amide bonds. The molecule has 1 saturated heterocycles. The highest BCUT2D eigenvalue weighted by atomic mass is 16.1. The number of nitrogens with zero attached hydrogens (tertiary/aromatic N) is 1. The SMILES string of the molecule is CCC1CCC(=O)C(CN2CCCC(C)CC2)C1. The van der Waals surface area contributed by atoms with Crippen LogP contribution < -0.4 is 0 Å². The van der Waals surface area contributed by atoms with Crippen molar-refractivity contribution in [2.24, 2.45) is 17.8 Å². The zero-order chi connectivity index (χ0) is 13.0. The third-order valence-corrected chi connectivity index (χ3v) is 5.04. The van der Waals surface area contributed by atoms with E-state index < -0.39 is 0 Å². The lowest BCUT2D eigenvalue weighted by molar-refractivity contribution is -0.126. The number of rotatable bonds is 3. The van der Waals surface area contributed by atoms with E-state index in [1.165, 1.54) is 38.8 Å². The molecule has 1 saturated carbocycles. The van der Waals surface area contributed by atoms with Gasteiger partial charge in [0.1, 0.15) is 5.78 Å². The number of carbonyl (C=O) groups excluding carboxylic acids is 1. The summed E-state index contributed by atoms with van der Waals surface area (Å²) in [5.41, 5.74) is 0. The molecule has 0 aromatic rings. The van der Waals surface area contributed by atoms with Crippen LogP contribution >= 0.6 is 0 Å². The van der Waals surface area contributed by atoms with Crippen molar-refractivity contribution in [2.75, 3.05) is 19.6 Å². The molecule has 2 rings (SSSR count). The van der Waals surface area contributed by atoms with Crippen LogP contribution in [0.1, 0.15) is 58.8 Å². The molecule has 1 aliphatic carbocycles. The fraction of sp³-hybridized carbons (Fsp3) is 0.938. The molecule has 2 heteroatoms. The van der Waals surface area contributed by atoms with Gasteiger partial charge in [0, 0.05) is 18.9 Å². The minimum atomic E-state index is 0.345. The van der Waals surface area contributed by atoms with Gasteiger partial charge in [0.15, 0.2) is 0 Å². The van der Waals surface area contributed by atoms with Gasteiger partial charge in [0.25, 0.3) is 0 Å². The summed E-state index contributed by atoms with van der Waals surface area (Å²) in [6.07, 6.45) is 8.39. The Bertz CT molecular complexity index is 276. The van der Waals surface area contributed by atoms with Gasteiger partial charge in [-0.15, -0.1) is 0 Å². The molecule has 0 aromatic heterocycles. The van der Waals surface area contributed by atoms with E-state index in [0.717, 1.165) is 37.6 Å². The smallest absolute Gasteiger partial charge is 0.137 e. The van der Waals surface area contributed by atoms with Gasteiger partial charge in [0.2, 0.25) is 0 Å². The lowest BCUT2D eigenvalue weighted by Gasteiger charge is -2.31. The van der Waals surface area contributed by atoms with Gasteiger partial charge in [-0.25, -0.2) is 0 Å². The quantitative estimate of drug-likeness (QED) is 0.765. The highest BCUT2D eigenvalue weighted by molar-refractivity contribution is 5.81. The highest BCUT2D eigenvalue weighted by Gasteiger charge is 2.29. The second-order valence-corrected chi connectivity index (χ2v) is 6.55. The van der Waals surface area contributed by atoms with Crippen molar-refractivity contribution in [1.82, 2.24) is 4.90 Å². The second-order valence-electron chi connectivity index (χ2n) is 6.55. The zero-order valence-corrected chi connectivity index (χ0v) is 12.2. The van der Waals surface area contributed by atoms with Crippen molar-refractivity contribution in [3.63, 3.8) is 0 Å². The molecule has 3 unspecified atom stereocenters. The number of hydrogen-bond donors (Lipinski definition) is 0. The van der Waals surface area contributed by atoms with E-state index in [2.05, 4.69) is 18.7 Å². The van der Waals surface area contributed by atoms with Crippen molar-refractivity contribution in [1.29, 1.82) is 0 Å². The molecule has 2 aliphatic rings. The maximum Gasteiger partial charge on any atom is 0.137 e. The van der Waals surface area contributed by atoms with Crippen molar-refractivity contribution < 1.29 is 4.79 Å². The average Bonchev–Trinajstić information content (AvgIpc) is 2.57. The van der Waals surface area contributed by atoms with Gasteiger partial charge >= 0.3 is 0 Å². The van der Waals surface area contributed by atoms with E-state index in [1.54, 1.807) is 0 Å². The molecule has 0 N–H and O–H groups in total. The predicted octanol–water partition coefficient (Wildman–Crippen LogP) is 3.50. The standard InChI is InChI=1S/C16H29NO/c1-3-14-6-7-16(18)15(11-14)12-17-9-4-5-13(2)8-10-17/h13-15H,3-12H2,1-2H3. The molecule has 104 valence electrons. The van der Waals surface area contributed by atoms with Crippen molar-refractivity contribution in [2.45, 2.75) is 58.8 Å². The lowest BCUT2D eigenvalue weighted by atomic mass is 9.79. The largest absolute Gasteiger partial charge is 0.303 e. The fourth-order valence-electron chi connectivity index (χ4n) is 3.57. The van der Waals surface area contributed by atoms with E-state index >= 15 is 0 Å². The van der Waals surface area contributed by atoms with Gasteiger partial charge < -0.3 is 4.90 Å². The summed E-state index contributed by atoms with van der Waals surface area (Å²) in [6, 6.07) is 0. The highest BCUT2D eigenvalue weighted by Crippen LogP contribution is 2.30. The summed E-state index contributed by atoms with van der Waals surface area (Å²) in [6.45, 7) is 8.10. The number of hydrogen-bond acceptors (Lipinski definition) is 2. The van der Waals surface area contributed by atoms with Crippen LogP contribution in [-0.2, 0) is 4.79 Å². The van der Waals surface area contributed by atoms with E-state index in [1.807, 2.05) is 0 Å². The van der Waals surface area contributed by atoms with Crippen LogP contribution in [-0.4, -0.2) is 30.3 Å². The third kappa shape index (κ3) is 3.81. The molecule has 1 heterocycles. The first-order valence-electron chi connectivity index (χ1n) is 7.94. The van der Waals surface area contributed by atoms with E-state index in [-0.39, 0.29) is 0 Å². The van der Waals surface area contributed by atoms with E-state index in [0.29, 0.717) is 11.7 Å². The number of ketones is 1. The Labute approximate surface area is 112 Å². The molecule has 2 fully saturated rings. The topological polar surface area (TPSA) is 20.3 Å². The Hall–Kier alpha value is -0.370. The first-order valence-corrected chi connectivity index (χ1v) is 7.94. The maximum atomic E-state index is 12.1. The van der Waals surface area contributed by atoms with Crippen LogP contribution in [0.4, 0.5) is 0 Å². The van der Waals surface area contributed by atoms with Crippen LogP contribution in [0.25, 0.3) is 0 Å². The molecule has 1 aliphatic heterocycles. The van der Waals surface area contributed by atoms with Crippen molar-refractivity contribution >= 4 is 5.78 Å². The monoisotopic (exact) mass is 251 g/mol. The van der Waals surface area contributed by atoms with E-state index in [9.17, 15) is 4.79 Å². The molecule has 2 nitrogen and oxygen atoms in total. The number of carbonyl (C=O) groups is 1. The van der Waals surface area contributed by atoms with Crippen LogP contribution in [0.15, 0.2) is 0 Å². The van der Waals surface area contributed by atoms with Gasteiger partial charge in [0.05, 0.1) is 0 Å². The summed E-state index contributed by atoms with van der Waals surface area (Å²) in [4.78, 5) is 14.6. The summed E-state index contributed by atoms with van der Waals surface area (Å²) < 4.78 is 0. The molecule has 0 aromatic carbocycles. The Morgan fingerprint density at radius 3 is 2.83 bits per heavy atom. The Balaban J connectivity index is 1.85. The first kappa shape index (κ1) is 14.0. The Kier molecular flexibility index (Phi) is 5.23. The second kappa shape index (κ2) is 6.70. The summed E-state index contributed by atoms with van der Waals surface area (Å²) in [7, 11) is 0. The van der Waals surface area contributed by atoms with Gasteiger partial charge in [-0.3, -0.25) is 4.79 Å². The molecule has 0 bridgehead atoms. The first-order chi connectivity index (χ1) is 8.69. The maximum absolute atomic E-state index is 12.1. The summed E-state index contributed by atoms with van der Waals surface area (Å²) >= 11 is 0. The van der Waals surface area contributed by atoms with Crippen molar-refractivity contribution in [3.05, 3.63) is 0 Å². The van der Waals surface area contributed by atoms with Gasteiger partial charge in [-0.1, -0.05) is 20.3 Å². The molecule has 0 spiro atoms. The Morgan fingerprint density at radius 1 is 1.22 bits per heavy atom. The van der Waals surface area contributed by atoms with E-state index in [4.69, 9.17) is 0 Å². The molecular weight excluding hydrogens is 222 g/mol. The van der Waals surface area contributed by atoms with Gasteiger partial charge in [-0.2, -0.15) is 0 Å². The summed E-state index contributed by atoms with van der Waals surface area (Å²) in [5, 5.41) is 0. The lowest BCUT2D eigenvalue weighted by Crippen LogP contribution is -2.37. The summed E-state index contributed by atoms with van der Waals surface area (Å²) in [5.74, 6) is 2.56. The minimum absolute atomic E-state index is 0.345. The predicted molar refractivity (Wildman–Crippen MR) is 75.6 cm³/mol. The molecule has 0 radical (unpaired) electrons.